The predicted molar refractivity (Wildman–Crippen MR) is 128 cm³/mol. The highest BCUT2D eigenvalue weighted by atomic mass is 79.9. The highest BCUT2D eigenvalue weighted by molar-refractivity contribution is 9.11. The minimum absolute atomic E-state index is 0.380. The summed E-state index contributed by atoms with van der Waals surface area (Å²) in [5.41, 5.74) is 1.17. The fraction of sp³-hybridized carbons (Fsp3) is 0.143. The number of hydrogen-bond donors (Lipinski definition) is 1. The average molecular weight is 589 g/mol. The van der Waals surface area contributed by atoms with Gasteiger partial charge < -0.3 is 0 Å². The standard InChI is InChI=1S/C21H17Br2ClN2O4S/c22-17-7-4-8-18(23)16(17)11-12-19(14-5-3-6-15(24)13-14)25-31(29,30)21-10-2-1-9-20(21)26(27)28/h1-10,13,19,25H,11-12H2. The summed E-state index contributed by atoms with van der Waals surface area (Å²) in [6.07, 6.45) is 0.944. The van der Waals surface area contributed by atoms with E-state index in [4.69, 9.17) is 11.6 Å². The van der Waals surface area contributed by atoms with Crippen LogP contribution in [0.1, 0.15) is 23.6 Å². The number of nitro benzene ring substituents is 1. The summed E-state index contributed by atoms with van der Waals surface area (Å²) in [5, 5.41) is 11.8. The van der Waals surface area contributed by atoms with Crippen molar-refractivity contribution in [3.63, 3.8) is 0 Å². The second-order valence-corrected chi connectivity index (χ2v) is 10.5. The fourth-order valence-corrected chi connectivity index (χ4v) is 6.19. The molecule has 162 valence electrons. The lowest BCUT2D eigenvalue weighted by Crippen LogP contribution is -2.29. The molecule has 0 aliphatic carbocycles. The molecule has 0 bridgehead atoms. The van der Waals surface area contributed by atoms with Gasteiger partial charge in [-0.1, -0.05) is 73.8 Å². The fourth-order valence-electron chi connectivity index (χ4n) is 3.16. The normalized spacial score (nSPS) is 12.5. The summed E-state index contributed by atoms with van der Waals surface area (Å²) in [5.74, 6) is 0. The van der Waals surface area contributed by atoms with Crippen LogP contribution in [0.4, 0.5) is 5.69 Å². The molecule has 6 nitrogen and oxygen atoms in total. The quantitative estimate of drug-likeness (QED) is 0.243. The van der Waals surface area contributed by atoms with E-state index in [9.17, 15) is 18.5 Å². The maximum Gasteiger partial charge on any atom is 0.289 e. The van der Waals surface area contributed by atoms with Crippen LogP contribution in [0.3, 0.4) is 0 Å². The molecule has 3 aromatic carbocycles. The molecule has 0 radical (unpaired) electrons. The van der Waals surface area contributed by atoms with Gasteiger partial charge in [-0.2, -0.15) is 0 Å². The number of nitrogens with zero attached hydrogens (tertiary/aromatic N) is 1. The molecule has 0 aliphatic rings. The van der Waals surface area contributed by atoms with Crippen molar-refractivity contribution in [3.05, 3.63) is 102 Å². The zero-order valence-electron chi connectivity index (χ0n) is 16.0. The number of rotatable bonds is 8. The Morgan fingerprint density at radius 3 is 2.29 bits per heavy atom. The SMILES string of the molecule is O=[N+]([O-])c1ccccc1S(=O)(=O)NC(CCc1c(Br)cccc1Br)c1cccc(Cl)c1. The minimum atomic E-state index is -4.18. The van der Waals surface area contributed by atoms with Crippen molar-refractivity contribution in [2.24, 2.45) is 0 Å². The number of hydrogen-bond acceptors (Lipinski definition) is 4. The minimum Gasteiger partial charge on any atom is -0.258 e. The third-order valence-corrected chi connectivity index (χ3v) is 7.88. The highest BCUT2D eigenvalue weighted by Gasteiger charge is 2.28. The molecule has 0 fully saturated rings. The maximum atomic E-state index is 13.1. The molecule has 0 saturated heterocycles. The zero-order chi connectivity index (χ0) is 22.6. The van der Waals surface area contributed by atoms with Gasteiger partial charge in [0, 0.05) is 26.1 Å². The molecule has 0 amide bonds. The van der Waals surface area contributed by atoms with Crippen molar-refractivity contribution in [2.75, 3.05) is 0 Å². The maximum absolute atomic E-state index is 13.1. The Bertz CT molecular complexity index is 1200. The number of nitro groups is 1. The summed E-state index contributed by atoms with van der Waals surface area (Å²) in [6, 6.07) is 17.2. The van der Waals surface area contributed by atoms with E-state index in [1.54, 1.807) is 24.3 Å². The Hall–Kier alpha value is -1.78. The number of halogens is 3. The first-order valence-electron chi connectivity index (χ1n) is 9.13. The van der Waals surface area contributed by atoms with E-state index in [-0.39, 0.29) is 4.90 Å². The summed E-state index contributed by atoms with van der Waals surface area (Å²) in [7, 11) is -4.18. The van der Waals surface area contributed by atoms with Crippen molar-refractivity contribution in [1.29, 1.82) is 0 Å². The van der Waals surface area contributed by atoms with Crippen LogP contribution >= 0.6 is 43.5 Å². The molecule has 0 aromatic heterocycles. The molecule has 0 saturated carbocycles. The van der Waals surface area contributed by atoms with Gasteiger partial charge in [0.1, 0.15) is 0 Å². The second-order valence-electron chi connectivity index (χ2n) is 6.69. The largest absolute Gasteiger partial charge is 0.289 e. The summed E-state index contributed by atoms with van der Waals surface area (Å²) in [4.78, 5) is 10.3. The van der Waals surface area contributed by atoms with Gasteiger partial charge in [-0.15, -0.1) is 0 Å². The number of nitrogens with one attached hydrogen (secondary N) is 1. The van der Waals surface area contributed by atoms with Crippen LogP contribution in [-0.2, 0) is 16.4 Å². The lowest BCUT2D eigenvalue weighted by molar-refractivity contribution is -0.387. The monoisotopic (exact) mass is 586 g/mol. The van der Waals surface area contributed by atoms with Gasteiger partial charge in [0.05, 0.1) is 4.92 Å². The first-order valence-corrected chi connectivity index (χ1v) is 12.6. The van der Waals surface area contributed by atoms with Crippen molar-refractivity contribution in [1.82, 2.24) is 4.72 Å². The predicted octanol–water partition coefficient (Wildman–Crippen LogP) is 6.43. The van der Waals surface area contributed by atoms with Crippen LogP contribution < -0.4 is 4.72 Å². The van der Waals surface area contributed by atoms with Crippen molar-refractivity contribution in [3.8, 4) is 0 Å². The first kappa shape index (κ1) is 23.9. The molecule has 3 rings (SSSR count). The third-order valence-electron chi connectivity index (χ3n) is 4.64. The van der Waals surface area contributed by atoms with Gasteiger partial charge in [0.15, 0.2) is 4.90 Å². The molecule has 1 N–H and O–H groups in total. The van der Waals surface area contributed by atoms with Crippen LogP contribution in [0.2, 0.25) is 5.02 Å². The van der Waals surface area contributed by atoms with Crippen molar-refractivity contribution < 1.29 is 13.3 Å². The van der Waals surface area contributed by atoms with Crippen LogP contribution in [0.25, 0.3) is 0 Å². The van der Waals surface area contributed by atoms with Crippen LogP contribution in [0, 0.1) is 10.1 Å². The van der Waals surface area contributed by atoms with E-state index in [0.29, 0.717) is 23.4 Å². The zero-order valence-corrected chi connectivity index (χ0v) is 20.7. The molecule has 31 heavy (non-hydrogen) atoms. The van der Waals surface area contributed by atoms with E-state index in [1.807, 2.05) is 18.2 Å². The molecule has 1 atom stereocenters. The molecule has 10 heteroatoms. The summed E-state index contributed by atoms with van der Waals surface area (Å²) in [6.45, 7) is 0. The van der Waals surface area contributed by atoms with Gasteiger partial charge >= 0.3 is 0 Å². The topological polar surface area (TPSA) is 89.3 Å². The molecule has 1 unspecified atom stereocenters. The second kappa shape index (κ2) is 10.2. The molecular formula is C21H17Br2ClN2O4S. The lowest BCUT2D eigenvalue weighted by atomic mass is 10.00. The third kappa shape index (κ3) is 5.93. The summed E-state index contributed by atoms with van der Waals surface area (Å²) < 4.78 is 30.6. The van der Waals surface area contributed by atoms with Crippen LogP contribution in [-0.4, -0.2) is 13.3 Å². The van der Waals surface area contributed by atoms with Crippen LogP contribution in [0.5, 0.6) is 0 Å². The number of para-hydroxylation sites is 1. The Balaban J connectivity index is 1.96. The smallest absolute Gasteiger partial charge is 0.258 e. The van der Waals surface area contributed by atoms with Gasteiger partial charge in [-0.25, -0.2) is 13.1 Å². The number of benzene rings is 3. The Morgan fingerprint density at radius 1 is 1.00 bits per heavy atom. The van der Waals surface area contributed by atoms with E-state index in [0.717, 1.165) is 14.5 Å². The molecule has 0 heterocycles. The number of sulfonamides is 1. The van der Waals surface area contributed by atoms with Gasteiger partial charge in [-0.05, 0) is 54.3 Å². The lowest BCUT2D eigenvalue weighted by Gasteiger charge is -2.20. The van der Waals surface area contributed by atoms with Crippen molar-refractivity contribution >= 4 is 59.2 Å². The summed E-state index contributed by atoms with van der Waals surface area (Å²) >= 11 is 13.2. The van der Waals surface area contributed by atoms with E-state index in [2.05, 4.69) is 36.6 Å². The molecule has 0 aliphatic heterocycles. The Labute approximate surface area is 202 Å². The molecule has 3 aromatic rings. The van der Waals surface area contributed by atoms with E-state index in [1.165, 1.54) is 24.3 Å². The van der Waals surface area contributed by atoms with Crippen LogP contribution in [0.15, 0.2) is 80.6 Å². The Morgan fingerprint density at radius 2 is 1.65 bits per heavy atom. The molecule has 0 spiro atoms. The molecular weight excluding hydrogens is 572 g/mol. The van der Waals surface area contributed by atoms with Gasteiger partial charge in [0.25, 0.3) is 5.69 Å². The van der Waals surface area contributed by atoms with E-state index >= 15 is 0 Å². The van der Waals surface area contributed by atoms with Gasteiger partial charge in [-0.3, -0.25) is 10.1 Å². The van der Waals surface area contributed by atoms with E-state index < -0.39 is 26.7 Å². The highest BCUT2D eigenvalue weighted by Crippen LogP contribution is 2.31. The van der Waals surface area contributed by atoms with Gasteiger partial charge in [0.2, 0.25) is 10.0 Å². The first-order chi connectivity index (χ1) is 14.7. The van der Waals surface area contributed by atoms with Crippen molar-refractivity contribution in [2.45, 2.75) is 23.8 Å². The Kier molecular flexibility index (Phi) is 7.87. The average Bonchev–Trinajstić information content (AvgIpc) is 2.72.